The Bertz CT molecular complexity index is 1710. The van der Waals surface area contributed by atoms with Crippen LogP contribution in [0.2, 0.25) is 5.02 Å². The van der Waals surface area contributed by atoms with E-state index < -0.39 is 26.9 Å². The van der Waals surface area contributed by atoms with Gasteiger partial charge in [0, 0.05) is 11.1 Å². The number of nitrogen functional groups attached to an aromatic ring is 1. The maximum absolute atomic E-state index is 14.7. The van der Waals surface area contributed by atoms with Crippen molar-refractivity contribution >= 4 is 38.6 Å². The Hall–Kier alpha value is -3.76. The zero-order chi connectivity index (χ0) is 25.8. The van der Waals surface area contributed by atoms with E-state index in [4.69, 9.17) is 17.3 Å². The number of nitrogens with zero attached hydrogens (tertiary/aromatic N) is 3. The van der Waals surface area contributed by atoms with Crippen molar-refractivity contribution in [3.8, 4) is 33.9 Å². The first-order valence-corrected chi connectivity index (χ1v) is 12.8. The molecule has 0 saturated carbocycles. The van der Waals surface area contributed by atoms with Crippen molar-refractivity contribution in [3.05, 3.63) is 77.3 Å². The summed E-state index contributed by atoms with van der Waals surface area (Å²) in [4.78, 5) is 11.9. The Kier molecular flexibility index (Phi) is 5.80. The normalized spacial score (nSPS) is 12.1. The molecule has 184 valence electrons. The molecule has 7 nitrogen and oxygen atoms in total. The molecular weight excluding hydrogens is 508 g/mol. The fourth-order valence-electron chi connectivity index (χ4n) is 3.95. The second kappa shape index (κ2) is 8.72. The molecule has 0 unspecified atom stereocenters. The summed E-state index contributed by atoms with van der Waals surface area (Å²) in [5, 5.41) is -0.582. The lowest BCUT2D eigenvalue weighted by Crippen LogP contribution is -2.23. The molecule has 0 bridgehead atoms. The maximum atomic E-state index is 14.7. The number of anilines is 1. The molecule has 0 aliphatic rings. The summed E-state index contributed by atoms with van der Waals surface area (Å²) in [6, 6.07) is 15.0. The van der Waals surface area contributed by atoms with Gasteiger partial charge in [-0.25, -0.2) is 31.1 Å². The predicted molar refractivity (Wildman–Crippen MR) is 137 cm³/mol. The molecule has 0 spiro atoms. The molecular formula is C25H20ClF2N5O2S. The van der Waals surface area contributed by atoms with Crippen molar-refractivity contribution in [2.24, 2.45) is 0 Å². The second-order valence-corrected chi connectivity index (χ2v) is 11.2. The van der Waals surface area contributed by atoms with Crippen molar-refractivity contribution in [1.29, 1.82) is 0 Å². The third-order valence-electron chi connectivity index (χ3n) is 5.80. The standard InChI is InChI=1S/C25H20ClF2N5O2S/c1-13(2)36(34,35)33-20-12-15(8-11-19(20)30-25(33)29)23-22(14-6-9-16(27)10-7-14)31-24(32-23)21-17(26)4-3-5-18(21)28/h3-13H,1-2H3,(H2,29,30)(H,31,32). The molecule has 0 amide bonds. The topological polar surface area (TPSA) is 107 Å². The van der Waals surface area contributed by atoms with Gasteiger partial charge in [-0.05, 0) is 62.4 Å². The minimum absolute atomic E-state index is 0.0755. The number of nitrogens with two attached hydrogens (primary N) is 1. The molecule has 0 radical (unpaired) electrons. The fourth-order valence-corrected chi connectivity index (χ4v) is 5.34. The lowest BCUT2D eigenvalue weighted by Gasteiger charge is -2.11. The highest BCUT2D eigenvalue weighted by molar-refractivity contribution is 7.90. The van der Waals surface area contributed by atoms with Gasteiger partial charge in [0.25, 0.3) is 0 Å². The minimum Gasteiger partial charge on any atom is -0.368 e. The van der Waals surface area contributed by atoms with Crippen LogP contribution in [0.5, 0.6) is 0 Å². The van der Waals surface area contributed by atoms with Crippen molar-refractivity contribution in [1.82, 2.24) is 18.9 Å². The largest absolute Gasteiger partial charge is 0.368 e. The summed E-state index contributed by atoms with van der Waals surface area (Å²) in [5.74, 6) is -0.986. The zero-order valence-corrected chi connectivity index (χ0v) is 20.7. The van der Waals surface area contributed by atoms with Crippen LogP contribution in [0.3, 0.4) is 0 Å². The quantitative estimate of drug-likeness (QED) is 0.298. The Labute approximate surface area is 210 Å². The van der Waals surface area contributed by atoms with Crippen LogP contribution in [-0.2, 0) is 10.0 Å². The van der Waals surface area contributed by atoms with E-state index in [1.54, 1.807) is 50.2 Å². The molecule has 5 rings (SSSR count). The predicted octanol–water partition coefficient (Wildman–Crippen LogP) is 5.86. The van der Waals surface area contributed by atoms with E-state index in [1.807, 2.05) is 0 Å². The van der Waals surface area contributed by atoms with Gasteiger partial charge >= 0.3 is 0 Å². The Morgan fingerprint density at radius 2 is 1.69 bits per heavy atom. The first kappa shape index (κ1) is 24.0. The Morgan fingerprint density at radius 3 is 2.36 bits per heavy atom. The molecule has 3 aromatic carbocycles. The molecule has 0 atom stereocenters. The number of hydrogen-bond acceptors (Lipinski definition) is 5. The van der Waals surface area contributed by atoms with Crippen molar-refractivity contribution in [2.75, 3.05) is 5.73 Å². The van der Waals surface area contributed by atoms with E-state index in [9.17, 15) is 17.2 Å². The monoisotopic (exact) mass is 527 g/mol. The zero-order valence-electron chi connectivity index (χ0n) is 19.1. The van der Waals surface area contributed by atoms with E-state index in [1.165, 1.54) is 24.3 Å². The number of benzene rings is 3. The lowest BCUT2D eigenvalue weighted by molar-refractivity contribution is 0.580. The summed E-state index contributed by atoms with van der Waals surface area (Å²) in [6.45, 7) is 3.10. The van der Waals surface area contributed by atoms with E-state index in [2.05, 4.69) is 15.0 Å². The van der Waals surface area contributed by atoms with Gasteiger partial charge in [-0.1, -0.05) is 23.7 Å². The Balaban J connectivity index is 1.78. The summed E-state index contributed by atoms with van der Waals surface area (Å²) in [6.07, 6.45) is 0. The fraction of sp³-hybridized carbons (Fsp3) is 0.120. The number of hydrogen-bond donors (Lipinski definition) is 2. The van der Waals surface area contributed by atoms with Gasteiger partial charge in [0.1, 0.15) is 17.5 Å². The van der Waals surface area contributed by atoms with Crippen LogP contribution in [0, 0.1) is 11.6 Å². The van der Waals surface area contributed by atoms with E-state index in [0.29, 0.717) is 28.0 Å². The van der Waals surface area contributed by atoms with Crippen LogP contribution < -0.4 is 5.73 Å². The van der Waals surface area contributed by atoms with Crippen molar-refractivity contribution in [2.45, 2.75) is 19.1 Å². The molecule has 36 heavy (non-hydrogen) atoms. The molecule has 0 saturated heterocycles. The third kappa shape index (κ3) is 3.92. The molecule has 0 aliphatic carbocycles. The number of imidazole rings is 2. The molecule has 2 aromatic heterocycles. The molecule has 2 heterocycles. The summed E-state index contributed by atoms with van der Waals surface area (Å²) in [5.41, 5.74) is 8.65. The van der Waals surface area contributed by atoms with Crippen molar-refractivity contribution < 1.29 is 17.2 Å². The first-order chi connectivity index (χ1) is 17.1. The lowest BCUT2D eigenvalue weighted by atomic mass is 10.0. The average Bonchev–Trinajstić information content (AvgIpc) is 3.40. The summed E-state index contributed by atoms with van der Waals surface area (Å²) in [7, 11) is -3.81. The van der Waals surface area contributed by atoms with Gasteiger partial charge in [-0.2, -0.15) is 0 Å². The van der Waals surface area contributed by atoms with Crippen LogP contribution in [0.15, 0.2) is 60.7 Å². The second-order valence-electron chi connectivity index (χ2n) is 8.44. The highest BCUT2D eigenvalue weighted by atomic mass is 35.5. The average molecular weight is 528 g/mol. The van der Waals surface area contributed by atoms with Crippen LogP contribution in [0.1, 0.15) is 13.8 Å². The first-order valence-electron chi connectivity index (χ1n) is 10.9. The maximum Gasteiger partial charge on any atom is 0.244 e. The van der Waals surface area contributed by atoms with E-state index >= 15 is 0 Å². The van der Waals surface area contributed by atoms with Crippen LogP contribution >= 0.6 is 11.6 Å². The van der Waals surface area contributed by atoms with Gasteiger partial charge in [-0.15, -0.1) is 0 Å². The third-order valence-corrected chi connectivity index (χ3v) is 8.20. The highest BCUT2D eigenvalue weighted by Gasteiger charge is 2.26. The van der Waals surface area contributed by atoms with Crippen LogP contribution in [0.25, 0.3) is 44.9 Å². The highest BCUT2D eigenvalue weighted by Crippen LogP contribution is 2.37. The van der Waals surface area contributed by atoms with Gasteiger partial charge in [0.15, 0.2) is 0 Å². The number of H-pyrrole nitrogens is 1. The number of fused-ring (bicyclic) bond motifs is 1. The van der Waals surface area contributed by atoms with Gasteiger partial charge < -0.3 is 10.7 Å². The van der Waals surface area contributed by atoms with Gasteiger partial charge in [0.05, 0.1) is 38.3 Å². The van der Waals surface area contributed by atoms with Crippen molar-refractivity contribution in [3.63, 3.8) is 0 Å². The molecule has 11 heteroatoms. The van der Waals surface area contributed by atoms with E-state index in [0.717, 1.165) is 3.97 Å². The molecule has 5 aromatic rings. The number of rotatable bonds is 5. The Morgan fingerprint density at radius 1 is 1.00 bits per heavy atom. The van der Waals surface area contributed by atoms with Gasteiger partial charge in [-0.3, -0.25) is 0 Å². The number of aromatic amines is 1. The SMILES string of the molecule is CC(C)S(=O)(=O)n1c(N)nc2ccc(-c3nc(-c4c(F)cccc4Cl)[nH]c3-c3ccc(F)cc3)cc21. The van der Waals surface area contributed by atoms with Gasteiger partial charge in [0.2, 0.25) is 16.0 Å². The molecule has 0 fully saturated rings. The summed E-state index contributed by atoms with van der Waals surface area (Å²) < 4.78 is 55.3. The number of nitrogens with one attached hydrogen (secondary N) is 1. The molecule has 3 N–H and O–H groups in total. The summed E-state index contributed by atoms with van der Waals surface area (Å²) >= 11 is 6.28. The number of halogens is 3. The number of aromatic nitrogens is 4. The minimum atomic E-state index is -3.81. The molecule has 0 aliphatic heterocycles. The van der Waals surface area contributed by atoms with Crippen LogP contribution in [0.4, 0.5) is 14.7 Å². The van der Waals surface area contributed by atoms with Crippen LogP contribution in [-0.4, -0.2) is 32.6 Å². The smallest absolute Gasteiger partial charge is 0.244 e. The van der Waals surface area contributed by atoms with E-state index in [-0.39, 0.29) is 27.9 Å².